The molecule has 0 atom stereocenters. The highest BCUT2D eigenvalue weighted by Crippen LogP contribution is 2.32. The van der Waals surface area contributed by atoms with Crippen LogP contribution >= 0.6 is 35.0 Å². The highest BCUT2D eigenvalue weighted by molar-refractivity contribution is 7.98. The largest absolute Gasteiger partial charge is 0.419 e. The summed E-state index contributed by atoms with van der Waals surface area (Å²) in [5.41, 5.74) is 1.28. The monoisotopic (exact) mass is 433 g/mol. The molecule has 0 bridgehead atoms. The number of benzene rings is 2. The van der Waals surface area contributed by atoms with Gasteiger partial charge in [0.2, 0.25) is 11.8 Å². The fraction of sp³-hybridized carbons (Fsp3) is 0.250. The Labute approximate surface area is 177 Å². The predicted octanol–water partition coefficient (Wildman–Crippen LogP) is 5.57. The van der Waals surface area contributed by atoms with Gasteiger partial charge in [-0.15, -0.1) is 22.0 Å². The zero-order chi connectivity index (χ0) is 19.7. The van der Waals surface area contributed by atoms with E-state index in [1.807, 2.05) is 30.5 Å². The first-order valence-corrected chi connectivity index (χ1v) is 10.8. The third-order valence-corrected chi connectivity index (χ3v) is 5.82. The molecule has 4 rings (SSSR count). The maximum Gasteiger partial charge on any atom is 0.256 e. The molecule has 1 aliphatic carbocycles. The fourth-order valence-electron chi connectivity index (χ4n) is 2.88. The van der Waals surface area contributed by atoms with Crippen LogP contribution in [0.3, 0.4) is 0 Å². The van der Waals surface area contributed by atoms with Crippen LogP contribution in [0.1, 0.15) is 29.1 Å². The second-order valence-electron chi connectivity index (χ2n) is 6.52. The van der Waals surface area contributed by atoms with Gasteiger partial charge in [-0.1, -0.05) is 23.2 Å². The number of carbonyl (C=O) groups is 1. The van der Waals surface area contributed by atoms with Gasteiger partial charge in [0.1, 0.15) is 0 Å². The average Bonchev–Trinajstić information content (AvgIpc) is 3.44. The predicted molar refractivity (Wildman–Crippen MR) is 111 cm³/mol. The Morgan fingerprint density at radius 3 is 2.61 bits per heavy atom. The van der Waals surface area contributed by atoms with Gasteiger partial charge in [-0.05, 0) is 61.6 Å². The molecule has 5 nitrogen and oxygen atoms in total. The summed E-state index contributed by atoms with van der Waals surface area (Å²) < 4.78 is 5.78. The molecule has 1 aromatic heterocycles. The second kappa shape index (κ2) is 8.15. The summed E-state index contributed by atoms with van der Waals surface area (Å²) in [7, 11) is 0. The Kier molecular flexibility index (Phi) is 5.62. The Balaban J connectivity index is 1.57. The molecule has 28 heavy (non-hydrogen) atoms. The van der Waals surface area contributed by atoms with Crippen molar-refractivity contribution in [3.63, 3.8) is 0 Å². The molecule has 1 saturated carbocycles. The van der Waals surface area contributed by atoms with E-state index in [9.17, 15) is 4.79 Å². The molecular weight excluding hydrogens is 417 g/mol. The van der Waals surface area contributed by atoms with Crippen LogP contribution in [0.2, 0.25) is 10.0 Å². The lowest BCUT2D eigenvalue weighted by Crippen LogP contribution is -2.33. The fourth-order valence-corrected chi connectivity index (χ4v) is 3.64. The molecule has 3 aromatic rings. The molecule has 1 amide bonds. The van der Waals surface area contributed by atoms with E-state index in [2.05, 4.69) is 10.2 Å². The minimum Gasteiger partial charge on any atom is -0.419 e. The number of aromatic nitrogens is 2. The number of amides is 1. The van der Waals surface area contributed by atoms with E-state index in [1.165, 1.54) is 0 Å². The summed E-state index contributed by atoms with van der Waals surface area (Å²) in [6.45, 7) is 0.254. The zero-order valence-corrected chi connectivity index (χ0v) is 17.4. The summed E-state index contributed by atoms with van der Waals surface area (Å²) in [5.74, 6) is 0.675. The molecule has 2 aromatic carbocycles. The molecule has 1 aliphatic rings. The second-order valence-corrected chi connectivity index (χ2v) is 8.24. The maximum atomic E-state index is 13.2. The minimum absolute atomic E-state index is 0.116. The lowest BCUT2D eigenvalue weighted by Gasteiger charge is -2.21. The van der Waals surface area contributed by atoms with Gasteiger partial charge in [-0.25, -0.2) is 0 Å². The van der Waals surface area contributed by atoms with E-state index in [0.29, 0.717) is 27.4 Å². The molecule has 0 radical (unpaired) electrons. The highest BCUT2D eigenvalue weighted by atomic mass is 35.5. The number of thioether (sulfide) groups is 1. The number of carbonyl (C=O) groups excluding carboxylic acids is 1. The number of nitrogens with zero attached hydrogens (tertiary/aromatic N) is 3. The van der Waals surface area contributed by atoms with Crippen LogP contribution in [0.15, 0.2) is 51.8 Å². The summed E-state index contributed by atoms with van der Waals surface area (Å²) in [6.07, 6.45) is 3.89. The summed E-state index contributed by atoms with van der Waals surface area (Å²) in [4.78, 5) is 15.9. The van der Waals surface area contributed by atoms with Crippen molar-refractivity contribution < 1.29 is 9.21 Å². The zero-order valence-electron chi connectivity index (χ0n) is 15.1. The lowest BCUT2D eigenvalue weighted by molar-refractivity contribution is 0.0714. The summed E-state index contributed by atoms with van der Waals surface area (Å²) >= 11 is 13.8. The maximum absolute atomic E-state index is 13.2. The molecule has 144 valence electrons. The van der Waals surface area contributed by atoms with Crippen molar-refractivity contribution in [2.24, 2.45) is 0 Å². The van der Waals surface area contributed by atoms with Gasteiger partial charge in [-0.2, -0.15) is 0 Å². The molecular formula is C20H17Cl2N3O2S. The first kappa shape index (κ1) is 19.3. The first-order valence-electron chi connectivity index (χ1n) is 8.78. The van der Waals surface area contributed by atoms with Crippen molar-refractivity contribution in [1.82, 2.24) is 15.1 Å². The van der Waals surface area contributed by atoms with Gasteiger partial charge in [0.25, 0.3) is 5.91 Å². The molecule has 1 heterocycles. The quantitative estimate of drug-likeness (QED) is 0.475. The van der Waals surface area contributed by atoms with Crippen molar-refractivity contribution in [2.45, 2.75) is 30.3 Å². The van der Waals surface area contributed by atoms with Crippen LogP contribution in [-0.4, -0.2) is 33.3 Å². The van der Waals surface area contributed by atoms with Crippen molar-refractivity contribution in [3.8, 4) is 11.5 Å². The molecule has 1 fully saturated rings. The third-order valence-electron chi connectivity index (χ3n) is 4.52. The molecule has 0 unspecified atom stereocenters. The van der Waals surface area contributed by atoms with Crippen LogP contribution in [0.5, 0.6) is 0 Å². The van der Waals surface area contributed by atoms with Gasteiger partial charge in [-0.3, -0.25) is 4.79 Å². The number of hydrogen-bond acceptors (Lipinski definition) is 5. The van der Waals surface area contributed by atoms with Crippen LogP contribution in [0.4, 0.5) is 0 Å². The molecule has 0 aliphatic heterocycles. The Bertz CT molecular complexity index is 1000. The Morgan fingerprint density at radius 1 is 1.18 bits per heavy atom. The van der Waals surface area contributed by atoms with Gasteiger partial charge >= 0.3 is 0 Å². The molecule has 0 N–H and O–H groups in total. The van der Waals surface area contributed by atoms with Crippen LogP contribution in [-0.2, 0) is 6.54 Å². The smallest absolute Gasteiger partial charge is 0.256 e. The van der Waals surface area contributed by atoms with E-state index in [-0.39, 0.29) is 18.5 Å². The topological polar surface area (TPSA) is 59.2 Å². The number of halogens is 2. The first-order chi connectivity index (χ1) is 13.5. The van der Waals surface area contributed by atoms with Crippen molar-refractivity contribution in [2.75, 3.05) is 6.26 Å². The van der Waals surface area contributed by atoms with E-state index in [1.54, 1.807) is 34.9 Å². The highest BCUT2D eigenvalue weighted by Gasteiger charge is 2.35. The average molecular weight is 434 g/mol. The Hall–Kier alpha value is -2.02. The number of rotatable bonds is 6. The third kappa shape index (κ3) is 4.19. The van der Waals surface area contributed by atoms with Crippen molar-refractivity contribution in [3.05, 3.63) is 64.0 Å². The molecule has 8 heteroatoms. The van der Waals surface area contributed by atoms with Crippen LogP contribution in [0.25, 0.3) is 11.5 Å². The van der Waals surface area contributed by atoms with Gasteiger partial charge in [0, 0.05) is 21.5 Å². The van der Waals surface area contributed by atoms with E-state index in [4.69, 9.17) is 27.6 Å². The normalized spacial score (nSPS) is 13.5. The minimum atomic E-state index is -0.116. The summed E-state index contributed by atoms with van der Waals surface area (Å²) in [5, 5.41) is 9.30. The van der Waals surface area contributed by atoms with E-state index >= 15 is 0 Å². The number of hydrogen-bond donors (Lipinski definition) is 0. The van der Waals surface area contributed by atoms with Crippen LogP contribution < -0.4 is 0 Å². The van der Waals surface area contributed by atoms with Crippen molar-refractivity contribution in [1.29, 1.82) is 0 Å². The summed E-state index contributed by atoms with van der Waals surface area (Å²) in [6, 6.07) is 12.8. The van der Waals surface area contributed by atoms with E-state index < -0.39 is 0 Å². The SMILES string of the molecule is CSc1ccc(Cl)c(C(=O)N(Cc2nnc(-c3ccc(Cl)cc3)o2)C2CC2)c1. The molecule has 0 spiro atoms. The standard InChI is InChI=1S/C20H17Cl2N3O2S/c1-28-15-8-9-17(22)16(10-15)20(26)25(14-6-7-14)11-18-23-24-19(27-18)12-2-4-13(21)5-3-12/h2-5,8-10,14H,6-7,11H2,1H3. The lowest BCUT2D eigenvalue weighted by atomic mass is 10.2. The van der Waals surface area contributed by atoms with E-state index in [0.717, 1.165) is 23.3 Å². The Morgan fingerprint density at radius 2 is 1.93 bits per heavy atom. The van der Waals surface area contributed by atoms with Gasteiger partial charge < -0.3 is 9.32 Å². The van der Waals surface area contributed by atoms with Crippen molar-refractivity contribution >= 4 is 40.9 Å². The van der Waals surface area contributed by atoms with Gasteiger partial charge in [0.05, 0.1) is 17.1 Å². The van der Waals surface area contributed by atoms with Crippen LogP contribution in [0, 0.1) is 0 Å². The molecule has 0 saturated heterocycles. The van der Waals surface area contributed by atoms with Gasteiger partial charge in [0.15, 0.2) is 0 Å².